The van der Waals surface area contributed by atoms with Crippen LogP contribution in [0.25, 0.3) is 11.8 Å². The summed E-state index contributed by atoms with van der Waals surface area (Å²) in [4.78, 5) is 16.1. The number of halogens is 5. The molecule has 0 aliphatic heterocycles. The summed E-state index contributed by atoms with van der Waals surface area (Å²) in [5.41, 5.74) is 0.843. The van der Waals surface area contributed by atoms with Crippen molar-refractivity contribution in [3.05, 3.63) is 77.6 Å². The van der Waals surface area contributed by atoms with Gasteiger partial charge in [0.2, 0.25) is 5.91 Å². The highest BCUT2D eigenvalue weighted by atomic mass is 19.3. The number of carbonyl (C=O) groups excluding carboxylic acids is 1. The minimum Gasteiger partial charge on any atom is -0.435 e. The normalized spacial score (nSPS) is 11.4. The van der Waals surface area contributed by atoms with Gasteiger partial charge in [-0.1, -0.05) is 6.07 Å². The highest BCUT2D eigenvalue weighted by molar-refractivity contribution is 5.92. The Bertz CT molecular complexity index is 1150. The number of carbonyl (C=O) groups is 1. The first kappa shape index (κ1) is 23.8. The molecule has 6 nitrogen and oxygen atoms in total. The van der Waals surface area contributed by atoms with Gasteiger partial charge in [-0.25, -0.2) is 9.37 Å². The first-order valence-electron chi connectivity index (χ1n) is 9.51. The van der Waals surface area contributed by atoms with Crippen molar-refractivity contribution in [1.29, 1.82) is 0 Å². The summed E-state index contributed by atoms with van der Waals surface area (Å²) in [5, 5.41) is 2.54. The number of imidazole rings is 1. The minimum absolute atomic E-state index is 0.00480. The van der Waals surface area contributed by atoms with E-state index in [1.54, 1.807) is 36.0 Å². The molecule has 1 N–H and O–H groups in total. The van der Waals surface area contributed by atoms with E-state index in [1.807, 2.05) is 0 Å². The van der Waals surface area contributed by atoms with Crippen molar-refractivity contribution in [3.63, 3.8) is 0 Å². The molecule has 0 aliphatic rings. The van der Waals surface area contributed by atoms with Crippen molar-refractivity contribution in [3.8, 4) is 17.2 Å². The molecule has 33 heavy (non-hydrogen) atoms. The summed E-state index contributed by atoms with van der Waals surface area (Å²) < 4.78 is 74.4. The highest BCUT2D eigenvalue weighted by Crippen LogP contribution is 2.28. The Kier molecular flexibility index (Phi) is 7.65. The Hall–Kier alpha value is -3.89. The molecule has 0 bridgehead atoms. The predicted octanol–water partition coefficient (Wildman–Crippen LogP) is 4.85. The van der Waals surface area contributed by atoms with E-state index < -0.39 is 30.7 Å². The van der Waals surface area contributed by atoms with Crippen molar-refractivity contribution in [2.75, 3.05) is 0 Å². The van der Waals surface area contributed by atoms with Crippen molar-refractivity contribution < 1.29 is 36.2 Å². The van der Waals surface area contributed by atoms with Gasteiger partial charge in [0.1, 0.15) is 23.1 Å². The Balaban J connectivity index is 1.65. The van der Waals surface area contributed by atoms with Crippen LogP contribution >= 0.6 is 0 Å². The van der Waals surface area contributed by atoms with Gasteiger partial charge in [-0.3, -0.25) is 4.79 Å². The monoisotopic (exact) mass is 467 g/mol. The highest BCUT2D eigenvalue weighted by Gasteiger charge is 2.13. The number of alkyl halides is 4. The summed E-state index contributed by atoms with van der Waals surface area (Å²) in [6.07, 6.45) is 5.39. The number of hydrogen-bond acceptors (Lipinski definition) is 4. The van der Waals surface area contributed by atoms with Crippen LogP contribution < -0.4 is 14.8 Å². The molecule has 2 aromatic carbocycles. The van der Waals surface area contributed by atoms with E-state index in [4.69, 9.17) is 0 Å². The van der Waals surface area contributed by atoms with Gasteiger partial charge in [-0.2, -0.15) is 17.6 Å². The number of hydrogen-bond donors (Lipinski definition) is 1. The van der Waals surface area contributed by atoms with Crippen LogP contribution in [0.4, 0.5) is 22.0 Å². The van der Waals surface area contributed by atoms with Crippen LogP contribution in [0.2, 0.25) is 0 Å². The molecule has 1 heterocycles. The van der Waals surface area contributed by atoms with E-state index in [1.165, 1.54) is 18.2 Å². The number of benzene rings is 2. The number of aromatic nitrogens is 2. The molecule has 0 aliphatic carbocycles. The summed E-state index contributed by atoms with van der Waals surface area (Å²) in [7, 11) is 0. The van der Waals surface area contributed by atoms with Crippen LogP contribution in [-0.4, -0.2) is 28.7 Å². The molecule has 0 fully saturated rings. The quantitative estimate of drug-likeness (QED) is 0.361. The molecule has 11 heteroatoms. The van der Waals surface area contributed by atoms with Gasteiger partial charge in [0, 0.05) is 36.6 Å². The third-order valence-corrected chi connectivity index (χ3v) is 4.40. The lowest BCUT2D eigenvalue weighted by Crippen LogP contribution is -2.20. The predicted molar refractivity (Wildman–Crippen MR) is 109 cm³/mol. The molecule has 0 radical (unpaired) electrons. The lowest BCUT2D eigenvalue weighted by molar-refractivity contribution is -0.116. The summed E-state index contributed by atoms with van der Waals surface area (Å²) in [6.45, 7) is -4.61. The van der Waals surface area contributed by atoms with Gasteiger partial charge < -0.3 is 19.4 Å². The van der Waals surface area contributed by atoms with Crippen molar-refractivity contribution in [2.24, 2.45) is 0 Å². The third-order valence-electron chi connectivity index (χ3n) is 4.40. The molecule has 1 amide bonds. The smallest absolute Gasteiger partial charge is 0.387 e. The van der Waals surface area contributed by atoms with Crippen LogP contribution in [0.1, 0.15) is 17.0 Å². The lowest BCUT2D eigenvalue weighted by Gasteiger charge is -2.11. The molecular weight excluding hydrogens is 449 g/mol. The van der Waals surface area contributed by atoms with E-state index in [9.17, 15) is 26.7 Å². The summed E-state index contributed by atoms with van der Waals surface area (Å²) in [5.74, 6) is -1.30. The molecule has 0 spiro atoms. The van der Waals surface area contributed by atoms with Crippen molar-refractivity contribution >= 4 is 12.0 Å². The van der Waals surface area contributed by atoms with Crippen LogP contribution in [-0.2, 0) is 11.3 Å². The molecule has 1 aromatic heterocycles. The SMILES string of the molecule is Cc1nccn1-c1ccc(CNC(=O)/C=C/c2ccc(OC(F)F)cc2OC(F)F)cc1F. The molecular formula is C22H18F5N3O3. The number of ether oxygens (including phenoxy) is 2. The summed E-state index contributed by atoms with van der Waals surface area (Å²) >= 11 is 0. The van der Waals surface area contributed by atoms with E-state index in [-0.39, 0.29) is 17.9 Å². The molecule has 0 unspecified atom stereocenters. The number of nitrogens with zero attached hydrogens (tertiary/aromatic N) is 2. The molecule has 0 saturated carbocycles. The lowest BCUT2D eigenvalue weighted by atomic mass is 10.1. The number of nitrogens with one attached hydrogen (secondary N) is 1. The van der Waals surface area contributed by atoms with Gasteiger partial charge in [0.15, 0.2) is 0 Å². The van der Waals surface area contributed by atoms with E-state index >= 15 is 0 Å². The second-order valence-corrected chi connectivity index (χ2v) is 6.64. The topological polar surface area (TPSA) is 65.4 Å². The molecule has 0 atom stereocenters. The van der Waals surface area contributed by atoms with Gasteiger partial charge in [0.05, 0.1) is 5.69 Å². The zero-order chi connectivity index (χ0) is 24.0. The summed E-state index contributed by atoms with van der Waals surface area (Å²) in [6, 6.07) is 7.63. The number of amides is 1. The average Bonchev–Trinajstić information content (AvgIpc) is 3.16. The van der Waals surface area contributed by atoms with Gasteiger partial charge in [0.25, 0.3) is 0 Å². The largest absolute Gasteiger partial charge is 0.435 e. The second-order valence-electron chi connectivity index (χ2n) is 6.64. The molecule has 3 rings (SSSR count). The maximum Gasteiger partial charge on any atom is 0.387 e. The third kappa shape index (κ3) is 6.55. The fourth-order valence-corrected chi connectivity index (χ4v) is 2.93. The Labute approximate surface area is 185 Å². The first-order valence-corrected chi connectivity index (χ1v) is 9.51. The van der Waals surface area contributed by atoms with Gasteiger partial charge in [-0.05, 0) is 42.8 Å². The standard InChI is InChI=1S/C22H18F5N3O3/c1-13-28-8-9-30(13)18-6-2-14(10-17(18)23)12-29-20(31)7-4-15-3-5-16(32-21(24)25)11-19(15)33-22(26)27/h2-11,21-22H,12H2,1H3,(H,29,31)/b7-4+. The van der Waals surface area contributed by atoms with Crippen molar-refractivity contribution in [2.45, 2.75) is 26.7 Å². The zero-order valence-corrected chi connectivity index (χ0v) is 17.1. The molecule has 3 aromatic rings. The fraction of sp³-hybridized carbons (Fsp3) is 0.182. The average molecular weight is 467 g/mol. The van der Waals surface area contributed by atoms with E-state index in [2.05, 4.69) is 19.8 Å². The van der Waals surface area contributed by atoms with Gasteiger partial charge >= 0.3 is 13.2 Å². The molecule has 174 valence electrons. The maximum absolute atomic E-state index is 14.4. The van der Waals surface area contributed by atoms with Gasteiger partial charge in [-0.15, -0.1) is 0 Å². The fourth-order valence-electron chi connectivity index (χ4n) is 2.93. The number of aryl methyl sites for hydroxylation is 1. The first-order chi connectivity index (χ1) is 15.7. The van der Waals surface area contributed by atoms with Crippen LogP contribution in [0.15, 0.2) is 54.9 Å². The van der Waals surface area contributed by atoms with Crippen LogP contribution in [0.3, 0.4) is 0 Å². The maximum atomic E-state index is 14.4. The zero-order valence-electron chi connectivity index (χ0n) is 17.1. The Morgan fingerprint density at radius 1 is 1.12 bits per heavy atom. The Morgan fingerprint density at radius 2 is 1.88 bits per heavy atom. The van der Waals surface area contributed by atoms with E-state index in [0.717, 1.165) is 18.2 Å². The van der Waals surface area contributed by atoms with Crippen molar-refractivity contribution in [1.82, 2.24) is 14.9 Å². The number of rotatable bonds is 9. The Morgan fingerprint density at radius 3 is 2.52 bits per heavy atom. The van der Waals surface area contributed by atoms with E-state index in [0.29, 0.717) is 17.1 Å². The van der Waals surface area contributed by atoms with Crippen LogP contribution in [0, 0.1) is 12.7 Å². The second kappa shape index (κ2) is 10.6. The molecule has 0 saturated heterocycles. The van der Waals surface area contributed by atoms with Crippen LogP contribution in [0.5, 0.6) is 11.5 Å². The minimum atomic E-state index is -3.21.